The Morgan fingerprint density at radius 3 is 2.41 bits per heavy atom. The Balaban J connectivity index is 1.84. The summed E-state index contributed by atoms with van der Waals surface area (Å²) >= 11 is 0. The molecule has 5 nitrogen and oxygen atoms in total. The Morgan fingerprint density at radius 2 is 1.86 bits per heavy atom. The van der Waals surface area contributed by atoms with E-state index in [1.165, 1.54) is 5.56 Å². The van der Waals surface area contributed by atoms with Crippen molar-refractivity contribution in [1.82, 2.24) is 5.32 Å². The van der Waals surface area contributed by atoms with E-state index in [1.807, 2.05) is 24.3 Å². The van der Waals surface area contributed by atoms with Gasteiger partial charge in [0.2, 0.25) is 0 Å². The minimum Gasteiger partial charge on any atom is -0.376 e. The molecule has 1 aromatic rings. The molecule has 0 bridgehead atoms. The molecule has 1 aliphatic rings. The number of hydrogen-bond acceptors (Lipinski definition) is 3. The molecule has 1 fully saturated rings. The lowest BCUT2D eigenvalue weighted by atomic mass is 9.87. The molecule has 1 saturated heterocycles. The first-order valence-electron chi connectivity index (χ1n) is 7.67. The van der Waals surface area contributed by atoms with Crippen molar-refractivity contribution in [3.8, 4) is 0 Å². The number of carbonyl (C=O) groups is 2. The molecule has 2 amide bonds. The van der Waals surface area contributed by atoms with Gasteiger partial charge in [-0.15, -0.1) is 0 Å². The second-order valence-electron chi connectivity index (χ2n) is 6.63. The van der Waals surface area contributed by atoms with Gasteiger partial charge in [0.25, 0.3) is 0 Å². The monoisotopic (exact) mass is 304 g/mol. The van der Waals surface area contributed by atoms with Crippen molar-refractivity contribution < 1.29 is 14.3 Å². The SMILES string of the molecule is CC(C)(C)c1ccc(NC(=O)C(=O)NC[C@H]2CCCO2)cc1. The molecule has 0 saturated carbocycles. The highest BCUT2D eigenvalue weighted by Gasteiger charge is 2.19. The van der Waals surface area contributed by atoms with Crippen LogP contribution in [0.3, 0.4) is 0 Å². The Bertz CT molecular complexity index is 526. The molecule has 0 spiro atoms. The van der Waals surface area contributed by atoms with E-state index in [9.17, 15) is 9.59 Å². The summed E-state index contributed by atoms with van der Waals surface area (Å²) in [7, 11) is 0. The Kier molecular flexibility index (Phi) is 5.19. The fourth-order valence-electron chi connectivity index (χ4n) is 2.33. The lowest BCUT2D eigenvalue weighted by Gasteiger charge is -2.19. The number of amides is 2. The molecular weight excluding hydrogens is 280 g/mol. The van der Waals surface area contributed by atoms with E-state index < -0.39 is 11.8 Å². The summed E-state index contributed by atoms with van der Waals surface area (Å²) in [4.78, 5) is 23.6. The Hall–Kier alpha value is -1.88. The third-order valence-corrected chi connectivity index (χ3v) is 3.73. The van der Waals surface area contributed by atoms with Crippen LogP contribution in [0.1, 0.15) is 39.2 Å². The lowest BCUT2D eigenvalue weighted by molar-refractivity contribution is -0.136. The molecule has 1 heterocycles. The average molecular weight is 304 g/mol. The zero-order chi connectivity index (χ0) is 16.2. The predicted octanol–water partition coefficient (Wildman–Crippen LogP) is 2.22. The minimum absolute atomic E-state index is 0.0304. The predicted molar refractivity (Wildman–Crippen MR) is 85.8 cm³/mol. The van der Waals surface area contributed by atoms with E-state index in [0.717, 1.165) is 19.4 Å². The number of hydrogen-bond donors (Lipinski definition) is 2. The van der Waals surface area contributed by atoms with Crippen molar-refractivity contribution in [3.63, 3.8) is 0 Å². The van der Waals surface area contributed by atoms with Crippen molar-refractivity contribution in [3.05, 3.63) is 29.8 Å². The highest BCUT2D eigenvalue weighted by atomic mass is 16.5. The molecule has 2 N–H and O–H groups in total. The van der Waals surface area contributed by atoms with Crippen molar-refractivity contribution >= 4 is 17.5 Å². The van der Waals surface area contributed by atoms with E-state index in [2.05, 4.69) is 31.4 Å². The first-order valence-corrected chi connectivity index (χ1v) is 7.67. The summed E-state index contributed by atoms with van der Waals surface area (Å²) in [5.74, 6) is -1.28. The van der Waals surface area contributed by atoms with Gasteiger partial charge < -0.3 is 15.4 Å². The van der Waals surface area contributed by atoms with Crippen LogP contribution < -0.4 is 10.6 Å². The number of nitrogens with one attached hydrogen (secondary N) is 2. The van der Waals surface area contributed by atoms with Gasteiger partial charge in [-0.1, -0.05) is 32.9 Å². The number of anilines is 1. The largest absolute Gasteiger partial charge is 0.376 e. The topological polar surface area (TPSA) is 67.4 Å². The number of benzene rings is 1. The van der Waals surface area contributed by atoms with Crippen LogP contribution in [-0.2, 0) is 19.7 Å². The molecule has 22 heavy (non-hydrogen) atoms. The average Bonchev–Trinajstić information content (AvgIpc) is 2.97. The van der Waals surface area contributed by atoms with Gasteiger partial charge in [-0.25, -0.2) is 0 Å². The van der Waals surface area contributed by atoms with Crippen LogP contribution in [0.5, 0.6) is 0 Å². The van der Waals surface area contributed by atoms with Crippen molar-refractivity contribution in [2.75, 3.05) is 18.5 Å². The van der Waals surface area contributed by atoms with Gasteiger partial charge in [-0.05, 0) is 36.0 Å². The van der Waals surface area contributed by atoms with E-state index in [-0.39, 0.29) is 11.5 Å². The van der Waals surface area contributed by atoms with Crippen LogP contribution >= 0.6 is 0 Å². The van der Waals surface area contributed by atoms with E-state index in [4.69, 9.17) is 4.74 Å². The molecule has 0 radical (unpaired) electrons. The normalized spacial score (nSPS) is 18.0. The maximum absolute atomic E-state index is 11.8. The first kappa shape index (κ1) is 16.5. The summed E-state index contributed by atoms with van der Waals surface area (Å²) in [6.45, 7) is 7.49. The smallest absolute Gasteiger partial charge is 0.313 e. The van der Waals surface area contributed by atoms with Crippen LogP contribution in [0.25, 0.3) is 0 Å². The fourth-order valence-corrected chi connectivity index (χ4v) is 2.33. The molecule has 0 unspecified atom stereocenters. The van der Waals surface area contributed by atoms with Gasteiger partial charge in [0.05, 0.1) is 6.10 Å². The third-order valence-electron chi connectivity index (χ3n) is 3.73. The Morgan fingerprint density at radius 1 is 1.18 bits per heavy atom. The quantitative estimate of drug-likeness (QED) is 0.841. The highest BCUT2D eigenvalue weighted by Crippen LogP contribution is 2.23. The van der Waals surface area contributed by atoms with E-state index >= 15 is 0 Å². The standard InChI is InChI=1S/C17H24N2O3/c1-17(2,3)12-6-8-13(9-7-12)19-16(21)15(20)18-11-14-5-4-10-22-14/h6-9,14H,4-5,10-11H2,1-3H3,(H,18,20)(H,19,21)/t14-/m1/s1. The van der Waals surface area contributed by atoms with Crippen LogP contribution in [-0.4, -0.2) is 31.1 Å². The van der Waals surface area contributed by atoms with Crippen molar-refractivity contribution in [2.45, 2.75) is 45.1 Å². The fraction of sp³-hybridized carbons (Fsp3) is 0.529. The molecule has 2 rings (SSSR count). The summed E-state index contributed by atoms with van der Waals surface area (Å²) in [5.41, 5.74) is 1.85. The zero-order valence-corrected chi connectivity index (χ0v) is 13.4. The molecule has 5 heteroatoms. The van der Waals surface area contributed by atoms with Gasteiger partial charge >= 0.3 is 11.8 Å². The van der Waals surface area contributed by atoms with Crippen LogP contribution in [0.4, 0.5) is 5.69 Å². The zero-order valence-electron chi connectivity index (χ0n) is 13.4. The summed E-state index contributed by atoms with van der Waals surface area (Å²) < 4.78 is 5.40. The third kappa shape index (κ3) is 4.56. The summed E-state index contributed by atoms with van der Waals surface area (Å²) in [6.07, 6.45) is 1.96. The summed E-state index contributed by atoms with van der Waals surface area (Å²) in [6, 6.07) is 7.54. The highest BCUT2D eigenvalue weighted by molar-refractivity contribution is 6.39. The molecule has 120 valence electrons. The van der Waals surface area contributed by atoms with Crippen LogP contribution in [0, 0.1) is 0 Å². The van der Waals surface area contributed by atoms with Gasteiger partial charge in [-0.2, -0.15) is 0 Å². The van der Waals surface area contributed by atoms with Gasteiger partial charge in [0, 0.05) is 18.8 Å². The maximum atomic E-state index is 11.8. The van der Waals surface area contributed by atoms with E-state index in [1.54, 1.807) is 0 Å². The maximum Gasteiger partial charge on any atom is 0.313 e. The van der Waals surface area contributed by atoms with Crippen LogP contribution in [0.15, 0.2) is 24.3 Å². The van der Waals surface area contributed by atoms with Gasteiger partial charge in [0.1, 0.15) is 0 Å². The van der Waals surface area contributed by atoms with Gasteiger partial charge in [0.15, 0.2) is 0 Å². The van der Waals surface area contributed by atoms with Crippen LogP contribution in [0.2, 0.25) is 0 Å². The second kappa shape index (κ2) is 6.92. The number of carbonyl (C=O) groups excluding carboxylic acids is 2. The number of ether oxygens (including phenoxy) is 1. The van der Waals surface area contributed by atoms with Gasteiger partial charge in [-0.3, -0.25) is 9.59 Å². The lowest BCUT2D eigenvalue weighted by Crippen LogP contribution is -2.39. The number of rotatable bonds is 3. The first-order chi connectivity index (χ1) is 10.4. The minimum atomic E-state index is -0.651. The molecule has 0 aromatic heterocycles. The molecule has 1 aliphatic heterocycles. The Labute approximate surface area is 131 Å². The van der Waals surface area contributed by atoms with E-state index in [0.29, 0.717) is 12.2 Å². The van der Waals surface area contributed by atoms with Crippen molar-refractivity contribution in [2.24, 2.45) is 0 Å². The molecular formula is C17H24N2O3. The van der Waals surface area contributed by atoms with Crippen molar-refractivity contribution in [1.29, 1.82) is 0 Å². The molecule has 1 aromatic carbocycles. The molecule has 1 atom stereocenters. The second-order valence-corrected chi connectivity index (χ2v) is 6.63. The summed E-state index contributed by atoms with van der Waals surface area (Å²) in [5, 5.41) is 5.21. The molecule has 0 aliphatic carbocycles.